The van der Waals surface area contributed by atoms with Crippen LogP contribution in [0.5, 0.6) is 5.75 Å². The number of rotatable bonds is 4. The molecule has 8 heteroatoms. The van der Waals surface area contributed by atoms with Crippen molar-refractivity contribution in [1.29, 1.82) is 0 Å². The number of methoxy groups -OCH3 is 1. The smallest absolute Gasteiger partial charge is 0.344 e. The van der Waals surface area contributed by atoms with E-state index >= 15 is 0 Å². The molecule has 0 spiro atoms. The van der Waals surface area contributed by atoms with Crippen LogP contribution in [-0.4, -0.2) is 35.8 Å². The molecule has 0 aliphatic carbocycles. The molecule has 0 aromatic heterocycles. The molecule has 1 aliphatic heterocycles. The van der Waals surface area contributed by atoms with Gasteiger partial charge in [-0.2, -0.15) is 5.01 Å². The fraction of sp³-hybridized carbons (Fsp3) is 0.308. The topological polar surface area (TPSA) is 87.7 Å². The average Bonchev–Trinajstić information content (AvgIpc) is 2.71. The lowest BCUT2D eigenvalue weighted by atomic mass is 9.92. The SMILES string of the molecule is COc1ccc(C2(C)NC(=O)N(NC(=O)CCl)C2=O)cc1. The maximum atomic E-state index is 12.4. The number of imide groups is 1. The first-order valence-electron chi connectivity index (χ1n) is 6.09. The minimum absolute atomic E-state index is 0.351. The van der Waals surface area contributed by atoms with Crippen molar-refractivity contribution in [3.63, 3.8) is 0 Å². The van der Waals surface area contributed by atoms with Crippen molar-refractivity contribution in [2.75, 3.05) is 13.0 Å². The van der Waals surface area contributed by atoms with E-state index in [2.05, 4.69) is 10.7 Å². The lowest BCUT2D eigenvalue weighted by Gasteiger charge is -2.22. The monoisotopic (exact) mass is 311 g/mol. The number of ether oxygens (including phenoxy) is 1. The fourth-order valence-corrected chi connectivity index (χ4v) is 2.07. The van der Waals surface area contributed by atoms with E-state index in [1.54, 1.807) is 31.2 Å². The molecule has 1 aromatic carbocycles. The number of nitrogens with one attached hydrogen (secondary N) is 2. The Labute approximate surface area is 126 Å². The van der Waals surface area contributed by atoms with E-state index in [0.717, 1.165) is 0 Å². The van der Waals surface area contributed by atoms with Crippen molar-refractivity contribution in [3.8, 4) is 5.75 Å². The summed E-state index contributed by atoms with van der Waals surface area (Å²) in [5, 5.41) is 3.19. The van der Waals surface area contributed by atoms with Crippen molar-refractivity contribution >= 4 is 29.4 Å². The zero-order chi connectivity index (χ0) is 15.6. The standard InChI is InChI=1S/C13H14ClN3O4/c1-13(8-3-5-9(21-2)6-4-8)11(19)17(12(20)15-13)16-10(18)7-14/h3-6H,7H2,1-2H3,(H,15,20)(H,16,18). The van der Waals surface area contributed by atoms with Crippen LogP contribution in [0.1, 0.15) is 12.5 Å². The van der Waals surface area contributed by atoms with E-state index in [4.69, 9.17) is 16.3 Å². The van der Waals surface area contributed by atoms with Crippen LogP contribution >= 0.6 is 11.6 Å². The molecule has 0 saturated carbocycles. The Hall–Kier alpha value is -2.28. The van der Waals surface area contributed by atoms with Crippen LogP contribution in [0.4, 0.5) is 4.79 Å². The number of benzene rings is 1. The highest BCUT2D eigenvalue weighted by Gasteiger charge is 2.49. The average molecular weight is 312 g/mol. The van der Waals surface area contributed by atoms with E-state index in [9.17, 15) is 14.4 Å². The third-order valence-electron chi connectivity index (χ3n) is 3.22. The molecule has 112 valence electrons. The largest absolute Gasteiger partial charge is 0.497 e. The van der Waals surface area contributed by atoms with Crippen LogP contribution in [0.2, 0.25) is 0 Å². The molecule has 1 fully saturated rings. The second-order valence-corrected chi connectivity index (χ2v) is 4.86. The van der Waals surface area contributed by atoms with Gasteiger partial charge < -0.3 is 10.1 Å². The summed E-state index contributed by atoms with van der Waals surface area (Å²) in [6.07, 6.45) is 0. The van der Waals surface area contributed by atoms with Gasteiger partial charge in [-0.3, -0.25) is 15.0 Å². The van der Waals surface area contributed by atoms with Crippen LogP contribution in [0.15, 0.2) is 24.3 Å². The van der Waals surface area contributed by atoms with Crippen LogP contribution in [0.3, 0.4) is 0 Å². The molecule has 1 aromatic rings. The maximum absolute atomic E-state index is 12.4. The number of halogens is 1. The first kappa shape index (κ1) is 15.1. The minimum atomic E-state index is -1.26. The van der Waals surface area contributed by atoms with Crippen LogP contribution < -0.4 is 15.5 Å². The third kappa shape index (κ3) is 2.64. The number of carbonyl (C=O) groups is 3. The molecular weight excluding hydrogens is 298 g/mol. The van der Waals surface area contributed by atoms with Crippen molar-refractivity contribution in [3.05, 3.63) is 29.8 Å². The molecule has 0 bridgehead atoms. The van der Waals surface area contributed by atoms with Gasteiger partial charge in [0.1, 0.15) is 17.2 Å². The Morgan fingerprint density at radius 2 is 2.00 bits per heavy atom. The first-order valence-corrected chi connectivity index (χ1v) is 6.62. The normalized spacial score (nSPS) is 21.2. The molecule has 1 saturated heterocycles. The Morgan fingerprint density at radius 3 is 2.52 bits per heavy atom. The van der Waals surface area contributed by atoms with Gasteiger partial charge >= 0.3 is 6.03 Å². The van der Waals surface area contributed by atoms with Gasteiger partial charge in [-0.05, 0) is 24.6 Å². The Morgan fingerprint density at radius 1 is 1.38 bits per heavy atom. The molecule has 1 aliphatic rings. The number of carbonyl (C=O) groups excluding carboxylic acids is 3. The van der Waals surface area contributed by atoms with E-state index in [1.165, 1.54) is 7.11 Å². The number of hydrogen-bond donors (Lipinski definition) is 2. The van der Waals surface area contributed by atoms with E-state index in [1.807, 2.05) is 0 Å². The molecule has 1 atom stereocenters. The summed E-state index contributed by atoms with van der Waals surface area (Å²) in [6, 6.07) is 5.99. The zero-order valence-electron chi connectivity index (χ0n) is 11.5. The number of nitrogens with zero attached hydrogens (tertiary/aromatic N) is 1. The predicted octanol–water partition coefficient (Wildman–Crippen LogP) is 0.732. The van der Waals surface area contributed by atoms with Gasteiger partial charge in [0, 0.05) is 0 Å². The molecule has 21 heavy (non-hydrogen) atoms. The van der Waals surface area contributed by atoms with Crippen LogP contribution in [0.25, 0.3) is 0 Å². The summed E-state index contributed by atoms with van der Waals surface area (Å²) >= 11 is 5.35. The number of alkyl halides is 1. The molecule has 2 rings (SSSR count). The van der Waals surface area contributed by atoms with Crippen molar-refractivity contribution in [2.45, 2.75) is 12.5 Å². The lowest BCUT2D eigenvalue weighted by Crippen LogP contribution is -2.48. The van der Waals surface area contributed by atoms with E-state index < -0.39 is 23.4 Å². The van der Waals surface area contributed by atoms with Gasteiger partial charge in [0.15, 0.2) is 0 Å². The summed E-state index contributed by atoms with van der Waals surface area (Å²) in [5.41, 5.74) is 1.46. The fourth-order valence-electron chi connectivity index (χ4n) is 2.02. The van der Waals surface area contributed by atoms with E-state index in [-0.39, 0.29) is 5.88 Å². The van der Waals surface area contributed by atoms with Gasteiger partial charge in [-0.25, -0.2) is 4.79 Å². The lowest BCUT2D eigenvalue weighted by molar-refractivity contribution is -0.138. The highest BCUT2D eigenvalue weighted by Crippen LogP contribution is 2.29. The molecule has 4 amide bonds. The summed E-state index contributed by atoms with van der Waals surface area (Å²) in [4.78, 5) is 35.5. The zero-order valence-corrected chi connectivity index (χ0v) is 12.2. The minimum Gasteiger partial charge on any atom is -0.497 e. The van der Waals surface area contributed by atoms with Gasteiger partial charge in [0.2, 0.25) is 0 Å². The molecule has 0 radical (unpaired) electrons. The Kier molecular flexibility index (Phi) is 4.04. The van der Waals surface area contributed by atoms with Crippen molar-refractivity contribution in [1.82, 2.24) is 15.8 Å². The number of hydrazine groups is 1. The molecule has 1 unspecified atom stereocenters. The second kappa shape index (κ2) is 5.61. The van der Waals surface area contributed by atoms with Gasteiger partial charge in [0.25, 0.3) is 11.8 Å². The molecular formula is C13H14ClN3O4. The summed E-state index contributed by atoms with van der Waals surface area (Å²) < 4.78 is 5.05. The summed E-state index contributed by atoms with van der Waals surface area (Å²) in [7, 11) is 1.53. The van der Waals surface area contributed by atoms with Crippen molar-refractivity contribution in [2.24, 2.45) is 0 Å². The summed E-state index contributed by atoms with van der Waals surface area (Å²) in [6.45, 7) is 1.56. The van der Waals surface area contributed by atoms with Gasteiger partial charge in [0.05, 0.1) is 7.11 Å². The Bertz CT molecular complexity index is 590. The number of urea groups is 1. The van der Waals surface area contributed by atoms with Gasteiger partial charge in [-0.1, -0.05) is 12.1 Å². The molecule has 1 heterocycles. The predicted molar refractivity (Wildman–Crippen MR) is 74.6 cm³/mol. The summed E-state index contributed by atoms with van der Waals surface area (Å²) in [5.74, 6) is -0.947. The van der Waals surface area contributed by atoms with Crippen LogP contribution in [0, 0.1) is 0 Å². The van der Waals surface area contributed by atoms with Crippen LogP contribution in [-0.2, 0) is 15.1 Å². The number of hydrogen-bond acceptors (Lipinski definition) is 4. The molecule has 7 nitrogen and oxygen atoms in total. The maximum Gasteiger partial charge on any atom is 0.344 e. The van der Waals surface area contributed by atoms with Gasteiger partial charge in [-0.15, -0.1) is 11.6 Å². The third-order valence-corrected chi connectivity index (χ3v) is 3.46. The second-order valence-electron chi connectivity index (χ2n) is 4.59. The van der Waals surface area contributed by atoms with E-state index in [0.29, 0.717) is 16.3 Å². The molecule has 2 N–H and O–H groups in total. The van der Waals surface area contributed by atoms with Crippen molar-refractivity contribution < 1.29 is 19.1 Å². The number of amides is 4. The highest BCUT2D eigenvalue weighted by molar-refractivity contribution is 6.27. The Balaban J connectivity index is 2.28. The quantitative estimate of drug-likeness (QED) is 0.634. The highest BCUT2D eigenvalue weighted by atomic mass is 35.5. The first-order chi connectivity index (χ1) is 9.92.